The highest BCUT2D eigenvalue weighted by Crippen LogP contribution is 2.36. The molecule has 0 atom stereocenters. The highest BCUT2D eigenvalue weighted by Gasteiger charge is 2.27. The van der Waals surface area contributed by atoms with Gasteiger partial charge in [-0.15, -0.1) is 0 Å². The van der Waals surface area contributed by atoms with Gasteiger partial charge in [0.2, 0.25) is 0 Å². The van der Waals surface area contributed by atoms with E-state index in [1.807, 2.05) is 38.1 Å². The summed E-state index contributed by atoms with van der Waals surface area (Å²) in [5.74, 6) is 0.778. The van der Waals surface area contributed by atoms with E-state index in [0.717, 1.165) is 65.9 Å². The van der Waals surface area contributed by atoms with Gasteiger partial charge in [0.1, 0.15) is 5.82 Å². The van der Waals surface area contributed by atoms with Gasteiger partial charge in [-0.3, -0.25) is 14.8 Å². The summed E-state index contributed by atoms with van der Waals surface area (Å²) in [6, 6.07) is 7.86. The average molecular weight is 428 g/mol. The summed E-state index contributed by atoms with van der Waals surface area (Å²) in [5, 5.41) is 6.25. The van der Waals surface area contributed by atoms with Crippen LogP contribution in [0.2, 0.25) is 0 Å². The lowest BCUT2D eigenvalue weighted by Gasteiger charge is -2.27. The molecule has 0 aliphatic carbocycles. The molecule has 0 spiro atoms. The first-order valence-corrected chi connectivity index (χ1v) is 10.6. The van der Waals surface area contributed by atoms with Crippen molar-refractivity contribution in [2.75, 3.05) is 41.8 Å². The lowest BCUT2D eigenvalue weighted by atomic mass is 10.0. The Bertz CT molecular complexity index is 1200. The molecule has 0 radical (unpaired) electrons. The highest BCUT2D eigenvalue weighted by atomic mass is 16.5. The largest absolute Gasteiger partial charge is 0.378 e. The third-order valence-electron chi connectivity index (χ3n) is 5.75. The Morgan fingerprint density at radius 2 is 1.94 bits per heavy atom. The number of aryl methyl sites for hydroxylation is 1. The Morgan fingerprint density at radius 3 is 2.69 bits per heavy atom. The van der Waals surface area contributed by atoms with Crippen molar-refractivity contribution < 1.29 is 9.53 Å². The van der Waals surface area contributed by atoms with Gasteiger partial charge in [-0.2, -0.15) is 0 Å². The summed E-state index contributed by atoms with van der Waals surface area (Å²) in [6.07, 6.45) is 7.05. The van der Waals surface area contributed by atoms with Crippen LogP contribution in [-0.4, -0.2) is 47.2 Å². The second kappa shape index (κ2) is 8.39. The van der Waals surface area contributed by atoms with Crippen LogP contribution in [0.15, 0.2) is 54.7 Å². The van der Waals surface area contributed by atoms with Crippen molar-refractivity contribution in [3.63, 3.8) is 0 Å². The van der Waals surface area contributed by atoms with Crippen molar-refractivity contribution in [3.8, 4) is 11.3 Å². The van der Waals surface area contributed by atoms with Crippen molar-refractivity contribution in [2.24, 2.45) is 0 Å². The molecule has 1 amide bonds. The number of nitrogens with one attached hydrogen (secondary N) is 2. The molecule has 8 nitrogen and oxygen atoms in total. The SMILES string of the molecule is C/C(Nc1ccc(N2CCOCC2)nc1)=C1/C(=O)Nc2cnc(-c3cnccc3C)cc21. The van der Waals surface area contributed by atoms with E-state index in [0.29, 0.717) is 11.3 Å². The molecule has 2 N–H and O–H groups in total. The topological polar surface area (TPSA) is 92.3 Å². The summed E-state index contributed by atoms with van der Waals surface area (Å²) < 4.78 is 5.40. The van der Waals surface area contributed by atoms with Crippen molar-refractivity contribution in [3.05, 3.63) is 65.9 Å². The number of aromatic nitrogens is 3. The second-order valence-corrected chi connectivity index (χ2v) is 7.89. The van der Waals surface area contributed by atoms with Crippen molar-refractivity contribution in [1.82, 2.24) is 15.0 Å². The molecule has 5 rings (SSSR count). The molecule has 0 unspecified atom stereocenters. The van der Waals surface area contributed by atoms with E-state index in [9.17, 15) is 4.79 Å². The van der Waals surface area contributed by atoms with E-state index in [2.05, 4.69) is 30.5 Å². The Balaban J connectivity index is 1.43. The Labute approximate surface area is 186 Å². The number of nitrogens with zero attached hydrogens (tertiary/aromatic N) is 4. The fourth-order valence-corrected chi connectivity index (χ4v) is 4.04. The first-order chi connectivity index (χ1) is 15.6. The number of allylic oxidation sites excluding steroid dienone is 1. The van der Waals surface area contributed by atoms with E-state index in [1.165, 1.54) is 0 Å². The normalized spacial score (nSPS) is 17.1. The average Bonchev–Trinajstić information content (AvgIpc) is 3.15. The van der Waals surface area contributed by atoms with Gasteiger partial charge >= 0.3 is 0 Å². The minimum absolute atomic E-state index is 0.148. The molecule has 162 valence electrons. The minimum Gasteiger partial charge on any atom is -0.378 e. The Kier molecular flexibility index (Phi) is 5.28. The number of carbonyl (C=O) groups excluding carboxylic acids is 1. The number of rotatable bonds is 4. The molecule has 0 bridgehead atoms. The van der Waals surface area contributed by atoms with Gasteiger partial charge in [-0.05, 0) is 43.7 Å². The molecule has 3 aromatic heterocycles. The van der Waals surface area contributed by atoms with Crippen molar-refractivity contribution in [1.29, 1.82) is 0 Å². The van der Waals surface area contributed by atoms with Gasteiger partial charge in [0.25, 0.3) is 5.91 Å². The third kappa shape index (κ3) is 3.80. The fraction of sp³-hybridized carbons (Fsp3) is 0.250. The summed E-state index contributed by atoms with van der Waals surface area (Å²) >= 11 is 0. The smallest absolute Gasteiger partial charge is 0.258 e. The van der Waals surface area contributed by atoms with E-state index >= 15 is 0 Å². The van der Waals surface area contributed by atoms with E-state index in [-0.39, 0.29) is 5.91 Å². The molecular weight excluding hydrogens is 404 g/mol. The zero-order chi connectivity index (χ0) is 22.1. The zero-order valence-corrected chi connectivity index (χ0v) is 18.1. The maximum absolute atomic E-state index is 12.8. The van der Waals surface area contributed by atoms with Crippen molar-refractivity contribution >= 4 is 28.7 Å². The van der Waals surface area contributed by atoms with Crippen molar-refractivity contribution in [2.45, 2.75) is 13.8 Å². The van der Waals surface area contributed by atoms with Gasteiger partial charge in [-0.25, -0.2) is 4.98 Å². The fourth-order valence-electron chi connectivity index (χ4n) is 4.04. The van der Waals surface area contributed by atoms with Crippen LogP contribution in [0.1, 0.15) is 18.1 Å². The number of morpholine rings is 1. The monoisotopic (exact) mass is 428 g/mol. The number of amides is 1. The van der Waals surface area contributed by atoms with E-state index in [1.54, 1.807) is 24.8 Å². The summed E-state index contributed by atoms with van der Waals surface area (Å²) in [4.78, 5) is 28.3. The maximum Gasteiger partial charge on any atom is 0.258 e. The quantitative estimate of drug-likeness (QED) is 0.615. The standard InChI is InChI=1S/C24H24N6O2/c1-15-5-6-25-13-19(15)20-11-18-21(14-26-20)29-24(31)23(18)16(2)28-17-3-4-22(27-12-17)30-7-9-32-10-8-30/h3-6,11-14,28H,7-10H2,1-2H3,(H,29,31)/b23-16-. The molecule has 0 saturated carbocycles. The molecule has 32 heavy (non-hydrogen) atoms. The predicted molar refractivity (Wildman–Crippen MR) is 124 cm³/mol. The first kappa shape index (κ1) is 20.1. The minimum atomic E-state index is -0.148. The van der Waals surface area contributed by atoms with Gasteiger partial charge in [-0.1, -0.05) is 0 Å². The third-order valence-corrected chi connectivity index (χ3v) is 5.75. The molecule has 5 heterocycles. The molecule has 0 aromatic carbocycles. The number of anilines is 3. The van der Waals surface area contributed by atoms with E-state index in [4.69, 9.17) is 4.74 Å². The number of ether oxygens (including phenoxy) is 1. The van der Waals surface area contributed by atoms with Crippen LogP contribution in [0.5, 0.6) is 0 Å². The lowest BCUT2D eigenvalue weighted by Crippen LogP contribution is -2.36. The zero-order valence-electron chi connectivity index (χ0n) is 18.1. The van der Waals surface area contributed by atoms with Crippen LogP contribution in [0.3, 0.4) is 0 Å². The Morgan fingerprint density at radius 1 is 1.09 bits per heavy atom. The Hall–Kier alpha value is -3.78. The molecule has 1 saturated heterocycles. The number of hydrogen-bond donors (Lipinski definition) is 2. The van der Waals surface area contributed by atoms with Crippen LogP contribution >= 0.6 is 0 Å². The molecule has 3 aromatic rings. The summed E-state index contributed by atoms with van der Waals surface area (Å²) in [7, 11) is 0. The van der Waals surface area contributed by atoms with Crippen LogP contribution < -0.4 is 15.5 Å². The highest BCUT2D eigenvalue weighted by molar-refractivity contribution is 6.32. The van der Waals surface area contributed by atoms with Gasteiger partial charge in [0, 0.05) is 42.3 Å². The maximum atomic E-state index is 12.8. The van der Waals surface area contributed by atoms with Gasteiger partial charge < -0.3 is 20.3 Å². The molecule has 2 aliphatic heterocycles. The molecular formula is C24H24N6O2. The van der Waals surface area contributed by atoms with Gasteiger partial charge in [0.15, 0.2) is 0 Å². The first-order valence-electron chi connectivity index (χ1n) is 10.6. The number of fused-ring (bicyclic) bond motifs is 1. The lowest BCUT2D eigenvalue weighted by molar-refractivity contribution is -0.110. The molecule has 8 heteroatoms. The van der Waals surface area contributed by atoms with Crippen LogP contribution in [0.25, 0.3) is 16.8 Å². The number of pyridine rings is 3. The van der Waals surface area contributed by atoms with Crippen LogP contribution in [-0.2, 0) is 9.53 Å². The van der Waals surface area contributed by atoms with Crippen LogP contribution in [0, 0.1) is 6.92 Å². The van der Waals surface area contributed by atoms with Crippen LogP contribution in [0.4, 0.5) is 17.2 Å². The summed E-state index contributed by atoms with van der Waals surface area (Å²) in [6.45, 7) is 7.04. The number of hydrogen-bond acceptors (Lipinski definition) is 7. The molecule has 1 fully saturated rings. The second-order valence-electron chi connectivity index (χ2n) is 7.89. The van der Waals surface area contributed by atoms with E-state index < -0.39 is 0 Å². The predicted octanol–water partition coefficient (Wildman–Crippen LogP) is 3.48. The number of carbonyl (C=O) groups is 1. The van der Waals surface area contributed by atoms with Gasteiger partial charge in [0.05, 0.1) is 48.2 Å². The molecule has 2 aliphatic rings. The summed E-state index contributed by atoms with van der Waals surface area (Å²) in [5.41, 5.74) is 6.52.